The lowest BCUT2D eigenvalue weighted by atomic mass is 9.33. The van der Waals surface area contributed by atoms with E-state index in [1.165, 1.54) is 0 Å². The van der Waals surface area contributed by atoms with Crippen LogP contribution in [0, 0.1) is 16.2 Å². The molecule has 17 rings (SSSR count). The smallest absolute Gasteiger partial charge is 0.252 e. The number of nitrogens with zero attached hydrogens (tertiary/aromatic N) is 4. The highest BCUT2D eigenvalue weighted by molar-refractivity contribution is 7.00. The van der Waals surface area contributed by atoms with Crippen LogP contribution in [0.4, 0.5) is 34.1 Å². The standard InChI is InChI=1S/C101H97BN4/c1-97(2,3)62-65-52-78(68-32-20-16-21-33-68)95(79(53-65)69-34-22-17-23-35-69)105-90-60-74(103-86-42-30-28-40-76(86)82-58-72(100(10,11)12)44-50-88(82)103)46-48-84(90)102-85-49-47-75(104-87-43-31-29-41-77(87)83-59-73(101(13,14)15)45-51-89(83)104)61-91(85)106(93-57-67(64-99(7,8)9)56-92(105)94(93)102)96-80(70-36-24-18-25-37-70)54-66(63-98(4,5)6)55-81(96)71-38-26-19-27-39-71/h16-61H,62-64H2,1-15H3/i28D,29D,30D,31D,40D,41D,42D,43D,64D2. The molecule has 15 aromatic rings. The molecule has 0 spiro atoms. The highest BCUT2D eigenvalue weighted by Crippen LogP contribution is 2.55. The summed E-state index contributed by atoms with van der Waals surface area (Å²) in [6.45, 7) is 31.8. The molecule has 0 unspecified atom stereocenters. The van der Waals surface area contributed by atoms with Gasteiger partial charge in [0, 0.05) is 80.7 Å². The van der Waals surface area contributed by atoms with Crippen molar-refractivity contribution in [3.63, 3.8) is 0 Å². The lowest BCUT2D eigenvalue weighted by Gasteiger charge is -2.46. The first-order valence-electron chi connectivity index (χ1n) is 42.5. The van der Waals surface area contributed by atoms with Crippen LogP contribution in [0.2, 0.25) is 0 Å². The fourth-order valence-corrected chi connectivity index (χ4v) is 16.8. The van der Waals surface area contributed by atoms with Crippen LogP contribution in [0.25, 0.3) is 99.5 Å². The van der Waals surface area contributed by atoms with Gasteiger partial charge in [0.15, 0.2) is 0 Å². The van der Waals surface area contributed by atoms with Crippen LogP contribution in [0.15, 0.2) is 279 Å². The van der Waals surface area contributed by atoms with E-state index in [2.05, 4.69) is 323 Å². The number of rotatable bonds is 11. The Bertz CT molecular complexity index is 6050. The van der Waals surface area contributed by atoms with Gasteiger partial charge in [0.1, 0.15) is 0 Å². The second-order valence-electron chi connectivity index (χ2n) is 35.0. The summed E-state index contributed by atoms with van der Waals surface area (Å²) in [6.07, 6.45) is -0.560. The maximum atomic E-state index is 10.9. The van der Waals surface area contributed by atoms with E-state index in [0.717, 1.165) is 130 Å². The molecular weight excluding hydrogens is 1280 g/mol. The molecule has 2 aromatic heterocycles. The molecule has 0 bridgehead atoms. The average molecular weight is 1390 g/mol. The zero-order valence-corrected chi connectivity index (χ0v) is 63.7. The van der Waals surface area contributed by atoms with Crippen LogP contribution < -0.4 is 26.2 Å². The summed E-state index contributed by atoms with van der Waals surface area (Å²) in [5.41, 5.74) is 21.3. The van der Waals surface area contributed by atoms with Crippen molar-refractivity contribution in [2.75, 3.05) is 9.80 Å². The van der Waals surface area contributed by atoms with Gasteiger partial charge in [-0.25, -0.2) is 0 Å². The van der Waals surface area contributed by atoms with E-state index in [-0.39, 0.29) is 70.0 Å². The zero-order chi connectivity index (χ0) is 82.3. The third-order valence-corrected chi connectivity index (χ3v) is 21.2. The Labute approximate surface area is 642 Å². The Kier molecular flexibility index (Phi) is 13.8. The molecular formula is C101H97BN4. The van der Waals surface area contributed by atoms with Crippen molar-refractivity contribution < 1.29 is 13.7 Å². The van der Waals surface area contributed by atoms with Crippen molar-refractivity contribution in [2.24, 2.45) is 16.2 Å². The molecule has 5 heteroatoms. The van der Waals surface area contributed by atoms with Crippen molar-refractivity contribution >= 4 is 101 Å². The molecule has 13 aromatic carbocycles. The lowest BCUT2D eigenvalue weighted by Crippen LogP contribution is -2.61. The van der Waals surface area contributed by atoms with Crippen molar-refractivity contribution in [3.8, 4) is 55.9 Å². The maximum Gasteiger partial charge on any atom is 0.252 e. The van der Waals surface area contributed by atoms with Crippen molar-refractivity contribution in [2.45, 2.75) is 134 Å². The van der Waals surface area contributed by atoms with Crippen molar-refractivity contribution in [3.05, 3.63) is 307 Å². The molecule has 4 heterocycles. The molecule has 0 saturated heterocycles. The molecule has 106 heavy (non-hydrogen) atoms. The summed E-state index contributed by atoms with van der Waals surface area (Å²) in [4.78, 5) is 4.83. The molecule has 2 aliphatic heterocycles. The maximum absolute atomic E-state index is 10.9. The van der Waals surface area contributed by atoms with E-state index in [9.17, 15) is 13.7 Å². The molecule has 0 aliphatic carbocycles. The molecule has 0 atom stereocenters. The predicted molar refractivity (Wildman–Crippen MR) is 458 cm³/mol. The van der Waals surface area contributed by atoms with Crippen LogP contribution in [0.1, 0.15) is 145 Å². The highest BCUT2D eigenvalue weighted by atomic mass is 15.2. The van der Waals surface area contributed by atoms with Crippen LogP contribution in [0.3, 0.4) is 0 Å². The van der Waals surface area contributed by atoms with Gasteiger partial charge in [-0.05, 0) is 210 Å². The number of hydrogen-bond acceptors (Lipinski definition) is 2. The van der Waals surface area contributed by atoms with E-state index in [0.29, 0.717) is 60.5 Å². The predicted octanol–water partition coefficient (Wildman–Crippen LogP) is 26.0. The monoisotopic (exact) mass is 1390 g/mol. The average Bonchev–Trinajstić information content (AvgIpc) is 0.768. The summed E-state index contributed by atoms with van der Waals surface area (Å²) < 4.78 is 103. The van der Waals surface area contributed by atoms with E-state index in [4.69, 9.17) is 0 Å². The fraction of sp³-hybridized carbons (Fsp3) is 0.228. The Balaban J connectivity index is 1.10. The summed E-state index contributed by atoms with van der Waals surface area (Å²) in [5.74, 6) is 0. The van der Waals surface area contributed by atoms with Gasteiger partial charge in [0.2, 0.25) is 0 Å². The summed E-state index contributed by atoms with van der Waals surface area (Å²) in [6, 6.07) is 79.8. The molecule has 0 amide bonds. The van der Waals surface area contributed by atoms with Gasteiger partial charge >= 0.3 is 0 Å². The number of benzene rings is 13. The Morgan fingerprint density at radius 3 is 1.00 bits per heavy atom. The Morgan fingerprint density at radius 2 is 0.670 bits per heavy atom. The molecule has 524 valence electrons. The quantitative estimate of drug-likeness (QED) is 0.120. The van der Waals surface area contributed by atoms with Gasteiger partial charge in [-0.2, -0.15) is 0 Å². The van der Waals surface area contributed by atoms with E-state index in [1.54, 1.807) is 0 Å². The van der Waals surface area contributed by atoms with Crippen LogP contribution in [-0.2, 0) is 30.0 Å². The first kappa shape index (κ1) is 57.4. The Morgan fingerprint density at radius 1 is 0.321 bits per heavy atom. The second-order valence-corrected chi connectivity index (χ2v) is 35.0. The van der Waals surface area contributed by atoms with E-state index < -0.39 is 18.5 Å². The molecule has 0 radical (unpaired) electrons. The van der Waals surface area contributed by atoms with Gasteiger partial charge in [0.25, 0.3) is 6.71 Å². The van der Waals surface area contributed by atoms with Crippen LogP contribution >= 0.6 is 0 Å². The van der Waals surface area contributed by atoms with Gasteiger partial charge < -0.3 is 18.9 Å². The number of hydrogen-bond donors (Lipinski definition) is 0. The van der Waals surface area contributed by atoms with Gasteiger partial charge in [-0.15, -0.1) is 0 Å². The minimum absolute atomic E-state index is 0.124. The van der Waals surface area contributed by atoms with E-state index in [1.807, 2.05) is 29.9 Å². The largest absolute Gasteiger partial charge is 0.310 e. The zero-order valence-electron chi connectivity index (χ0n) is 73.7. The molecule has 0 N–H and O–H groups in total. The summed E-state index contributed by atoms with van der Waals surface area (Å²) in [5, 5.41) is 2.24. The fourth-order valence-electron chi connectivity index (χ4n) is 16.8. The van der Waals surface area contributed by atoms with E-state index >= 15 is 0 Å². The minimum atomic E-state index is -2.05. The molecule has 4 nitrogen and oxygen atoms in total. The van der Waals surface area contributed by atoms with Gasteiger partial charge in [0.05, 0.1) is 44.4 Å². The Hall–Kier alpha value is -10.9. The number of anilines is 6. The van der Waals surface area contributed by atoms with Crippen LogP contribution in [-0.4, -0.2) is 15.8 Å². The third kappa shape index (κ3) is 12.2. The molecule has 0 saturated carbocycles. The number of fused-ring (bicyclic) bond motifs is 10. The first-order valence-corrected chi connectivity index (χ1v) is 37.5. The SMILES string of the molecule is [2H]c1c([2H])c([2H])c2c(c1[2H])c1cc(C(C)(C)C)ccc1n2-c1ccc2c(c1)N(c1c(-c3ccccc3)cc(CC(C)(C)C)cc1-c1ccccc1)c1cc(C([2H])([2H])C(C)(C)C)cc3c1B2c1ccc(-n2c4ccc(C(C)(C)C)cc4c4c([2H])c([2H])c([2H])c([2H])c42)cc1N3c1c(-c2ccccc2)cc(CC(C)(C)C)cc1-c1ccccc1. The normalized spacial score (nSPS) is 14.8. The van der Waals surface area contributed by atoms with Crippen molar-refractivity contribution in [1.29, 1.82) is 0 Å². The summed E-state index contributed by atoms with van der Waals surface area (Å²) in [7, 11) is 0. The topological polar surface area (TPSA) is 16.3 Å². The summed E-state index contributed by atoms with van der Waals surface area (Å²) >= 11 is 0. The van der Waals surface area contributed by atoms with Gasteiger partial charge in [-0.1, -0.05) is 286 Å². The lowest BCUT2D eigenvalue weighted by molar-refractivity contribution is 0.411. The highest BCUT2D eigenvalue weighted by Gasteiger charge is 2.46. The second kappa shape index (κ2) is 25.4. The van der Waals surface area contributed by atoms with Crippen LogP contribution in [0.5, 0.6) is 0 Å². The van der Waals surface area contributed by atoms with Gasteiger partial charge in [-0.3, -0.25) is 0 Å². The molecule has 0 fully saturated rings. The molecule has 2 aliphatic rings. The third-order valence-electron chi connectivity index (χ3n) is 21.2. The van der Waals surface area contributed by atoms with Crippen molar-refractivity contribution in [1.82, 2.24) is 9.13 Å². The number of aromatic nitrogens is 2. The minimum Gasteiger partial charge on any atom is -0.310 e. The first-order chi connectivity index (χ1) is 54.8. The number of para-hydroxylation sites is 2.